The van der Waals surface area contributed by atoms with Crippen LogP contribution in [0.25, 0.3) is 0 Å². The molecule has 0 aromatic rings. The Balaban J connectivity index is 3.26. The van der Waals surface area contributed by atoms with Crippen molar-refractivity contribution >= 4 is 8.68 Å². The molecule has 1 atom stereocenters. The van der Waals surface area contributed by atoms with Gasteiger partial charge >= 0.3 is 0 Å². The van der Waals surface area contributed by atoms with Gasteiger partial charge in [0, 0.05) is 0 Å². The van der Waals surface area contributed by atoms with Crippen molar-refractivity contribution in [1.82, 2.24) is 5.32 Å². The molecule has 0 aliphatic heterocycles. The summed E-state index contributed by atoms with van der Waals surface area (Å²) >= 11 is 0. The van der Waals surface area contributed by atoms with Crippen molar-refractivity contribution in [2.75, 3.05) is 13.6 Å². The molecule has 0 spiro atoms. The van der Waals surface area contributed by atoms with Crippen molar-refractivity contribution in [3.05, 3.63) is 0 Å². The zero-order valence-electron chi connectivity index (χ0n) is 6.40. The molecule has 0 saturated carbocycles. The third-order valence-corrected chi connectivity index (χ3v) is 2.46. The van der Waals surface area contributed by atoms with Crippen LogP contribution in [-0.2, 0) is 4.46 Å². The molecule has 1 unspecified atom stereocenters. The molecular formula is C6H15NOSi. The van der Waals surface area contributed by atoms with E-state index in [0.717, 1.165) is 12.6 Å². The first-order valence-corrected chi connectivity index (χ1v) is 5.42. The van der Waals surface area contributed by atoms with Crippen molar-refractivity contribution in [3.8, 4) is 0 Å². The predicted molar refractivity (Wildman–Crippen MR) is 40.2 cm³/mol. The molecule has 0 rings (SSSR count). The Morgan fingerprint density at radius 2 is 2.22 bits per heavy atom. The van der Waals surface area contributed by atoms with Crippen LogP contribution in [0.4, 0.5) is 0 Å². The van der Waals surface area contributed by atoms with Crippen molar-refractivity contribution in [2.24, 2.45) is 5.92 Å². The van der Waals surface area contributed by atoms with Gasteiger partial charge in [-0.2, -0.15) is 0 Å². The minimum absolute atomic E-state index is 0.561. The van der Waals surface area contributed by atoms with Gasteiger partial charge in [-0.3, -0.25) is 0 Å². The van der Waals surface area contributed by atoms with E-state index in [1.165, 1.54) is 0 Å². The van der Waals surface area contributed by atoms with Gasteiger partial charge in [0.1, 0.15) is 0 Å². The van der Waals surface area contributed by atoms with E-state index in [-0.39, 0.29) is 0 Å². The van der Waals surface area contributed by atoms with Crippen molar-refractivity contribution in [1.29, 1.82) is 0 Å². The third kappa shape index (κ3) is 5.85. The third-order valence-electron chi connectivity index (χ3n) is 1.19. The highest BCUT2D eigenvalue weighted by Crippen LogP contribution is 1.99. The van der Waals surface area contributed by atoms with Gasteiger partial charge < -0.3 is 9.78 Å². The Bertz CT molecular complexity index is 95.1. The molecule has 0 amide bonds. The first-order chi connectivity index (χ1) is 4.16. The molecule has 3 heteroatoms. The Morgan fingerprint density at radius 1 is 1.67 bits per heavy atom. The van der Waals surface area contributed by atoms with Crippen LogP contribution >= 0.6 is 0 Å². The topological polar surface area (TPSA) is 29.1 Å². The lowest BCUT2D eigenvalue weighted by molar-refractivity contribution is 0.534. The molecule has 0 heterocycles. The quantitative estimate of drug-likeness (QED) is 0.595. The lowest BCUT2D eigenvalue weighted by atomic mass is 10.2. The highest BCUT2D eigenvalue weighted by molar-refractivity contribution is 6.40. The minimum Gasteiger partial charge on any atom is -0.389 e. The highest BCUT2D eigenvalue weighted by Gasteiger charge is 2.04. The van der Waals surface area contributed by atoms with Crippen LogP contribution in [0.2, 0.25) is 12.6 Å². The normalized spacial score (nSPS) is 13.2. The fourth-order valence-electron chi connectivity index (χ4n) is 0.911. The van der Waals surface area contributed by atoms with Gasteiger partial charge in [-0.05, 0) is 32.1 Å². The molecule has 0 aliphatic carbocycles. The average molecular weight is 145 g/mol. The lowest BCUT2D eigenvalue weighted by Crippen LogP contribution is -2.17. The standard InChI is InChI=1S/C6H15NOSi/c1-6(4-7-2)5-9(3)8/h6-7H,4-5H2,1-3H3. The second kappa shape index (κ2) is 4.82. The zero-order valence-corrected chi connectivity index (χ0v) is 7.40. The van der Waals surface area contributed by atoms with Crippen molar-refractivity contribution in [3.63, 3.8) is 0 Å². The Hall–Kier alpha value is -0.0231. The minimum atomic E-state index is -1.25. The largest absolute Gasteiger partial charge is 0.389 e. The van der Waals surface area contributed by atoms with E-state index in [4.69, 9.17) is 0 Å². The second-order valence-electron chi connectivity index (χ2n) is 2.57. The SMILES string of the molecule is CNCC(C)C[Si](C)=O. The number of nitrogens with one attached hydrogen (secondary N) is 1. The molecule has 0 aliphatic rings. The Kier molecular flexibility index (Phi) is 4.81. The highest BCUT2D eigenvalue weighted by atomic mass is 28.3. The first kappa shape index (κ1) is 8.98. The zero-order chi connectivity index (χ0) is 7.28. The van der Waals surface area contributed by atoms with Gasteiger partial charge in [-0.15, -0.1) is 0 Å². The maximum Gasteiger partial charge on any atom is 0.273 e. The molecule has 0 radical (unpaired) electrons. The van der Waals surface area contributed by atoms with Crippen molar-refractivity contribution in [2.45, 2.75) is 19.5 Å². The molecule has 0 fully saturated rings. The fraction of sp³-hybridized carbons (Fsp3) is 1.00. The first-order valence-electron chi connectivity index (χ1n) is 3.31. The van der Waals surface area contributed by atoms with E-state index < -0.39 is 8.68 Å². The lowest BCUT2D eigenvalue weighted by Gasteiger charge is -2.05. The fourth-order valence-corrected chi connectivity index (χ4v) is 2.04. The van der Waals surface area contributed by atoms with Gasteiger partial charge in [0.2, 0.25) is 0 Å². The van der Waals surface area contributed by atoms with Gasteiger partial charge in [-0.1, -0.05) is 6.92 Å². The molecule has 0 aromatic carbocycles. The average Bonchev–Trinajstić information content (AvgIpc) is 1.63. The van der Waals surface area contributed by atoms with E-state index in [2.05, 4.69) is 12.2 Å². The predicted octanol–water partition coefficient (Wildman–Crippen LogP) is 0.894. The maximum absolute atomic E-state index is 10.7. The summed E-state index contributed by atoms with van der Waals surface area (Å²) in [6, 6.07) is 0.880. The van der Waals surface area contributed by atoms with Crippen LogP contribution in [0.3, 0.4) is 0 Å². The monoisotopic (exact) mass is 145 g/mol. The maximum atomic E-state index is 10.7. The summed E-state index contributed by atoms with van der Waals surface area (Å²) in [7, 11) is 0.674. The summed E-state index contributed by atoms with van der Waals surface area (Å²) in [5, 5.41) is 3.05. The molecule has 0 bridgehead atoms. The Labute approximate surface area is 58.3 Å². The van der Waals surface area contributed by atoms with Crippen LogP contribution in [0.15, 0.2) is 0 Å². The van der Waals surface area contributed by atoms with Crippen LogP contribution in [0.5, 0.6) is 0 Å². The number of hydrogen-bond donors (Lipinski definition) is 1. The second-order valence-corrected chi connectivity index (χ2v) is 4.38. The van der Waals surface area contributed by atoms with E-state index in [1.54, 1.807) is 0 Å². The molecule has 9 heavy (non-hydrogen) atoms. The summed E-state index contributed by atoms with van der Waals surface area (Å²) in [5.41, 5.74) is 0. The van der Waals surface area contributed by atoms with Gasteiger partial charge in [0.05, 0.1) is 0 Å². The van der Waals surface area contributed by atoms with Crippen LogP contribution in [-0.4, -0.2) is 22.3 Å². The Morgan fingerprint density at radius 3 is 2.56 bits per heavy atom. The summed E-state index contributed by atoms with van der Waals surface area (Å²) < 4.78 is 10.7. The smallest absolute Gasteiger partial charge is 0.273 e. The number of rotatable bonds is 4. The summed E-state index contributed by atoms with van der Waals surface area (Å²) in [6.07, 6.45) is 0. The molecular weight excluding hydrogens is 130 g/mol. The summed E-state index contributed by atoms with van der Waals surface area (Å²) in [6.45, 7) is 4.91. The molecule has 54 valence electrons. The van der Waals surface area contributed by atoms with Crippen LogP contribution in [0.1, 0.15) is 6.92 Å². The number of hydrogen-bond acceptors (Lipinski definition) is 2. The van der Waals surface area contributed by atoms with Crippen LogP contribution in [0, 0.1) is 5.92 Å². The molecule has 1 N–H and O–H groups in total. The molecule has 0 aromatic heterocycles. The van der Waals surface area contributed by atoms with Gasteiger partial charge in [-0.25, -0.2) is 0 Å². The van der Waals surface area contributed by atoms with Gasteiger partial charge in [0.25, 0.3) is 8.68 Å². The van der Waals surface area contributed by atoms with E-state index >= 15 is 0 Å². The van der Waals surface area contributed by atoms with E-state index in [9.17, 15) is 4.46 Å². The van der Waals surface area contributed by atoms with Gasteiger partial charge in [0.15, 0.2) is 0 Å². The van der Waals surface area contributed by atoms with Crippen molar-refractivity contribution < 1.29 is 4.46 Å². The summed E-state index contributed by atoms with van der Waals surface area (Å²) in [4.78, 5) is 0. The van der Waals surface area contributed by atoms with Crippen LogP contribution < -0.4 is 5.32 Å². The summed E-state index contributed by atoms with van der Waals surface area (Å²) in [5.74, 6) is 0.561. The molecule has 0 saturated heterocycles. The van der Waals surface area contributed by atoms with E-state index in [1.807, 2.05) is 13.6 Å². The molecule has 2 nitrogen and oxygen atoms in total. The van der Waals surface area contributed by atoms with E-state index in [0.29, 0.717) is 5.92 Å².